The van der Waals surface area contributed by atoms with Gasteiger partial charge in [0.25, 0.3) is 0 Å². The van der Waals surface area contributed by atoms with Crippen LogP contribution in [0.1, 0.15) is 13.3 Å². The van der Waals surface area contributed by atoms with Gasteiger partial charge < -0.3 is 16.0 Å². The summed E-state index contributed by atoms with van der Waals surface area (Å²) in [5.41, 5.74) is 5.40. The summed E-state index contributed by atoms with van der Waals surface area (Å²) in [6.45, 7) is 2.49. The average Bonchev–Trinajstić information content (AvgIpc) is 1.99. The lowest BCUT2D eigenvalue weighted by molar-refractivity contribution is 0.213. The third-order valence-corrected chi connectivity index (χ3v) is 1.51. The standard InChI is InChI=1S/C7H17N3O/c1-4-6(5-8)9-7(11)10(2)3/h6H,4-5,8H2,1-3H3,(H,9,11). The number of amides is 2. The lowest BCUT2D eigenvalue weighted by Crippen LogP contribution is -2.44. The molecule has 0 radical (unpaired) electrons. The fourth-order valence-corrected chi connectivity index (χ4v) is 0.631. The maximum Gasteiger partial charge on any atom is 0.317 e. The largest absolute Gasteiger partial charge is 0.334 e. The minimum atomic E-state index is -0.0812. The first kappa shape index (κ1) is 10.2. The fourth-order valence-electron chi connectivity index (χ4n) is 0.631. The van der Waals surface area contributed by atoms with Crippen LogP contribution in [-0.4, -0.2) is 37.6 Å². The Balaban J connectivity index is 3.72. The Bertz CT molecular complexity index is 121. The molecule has 0 bridgehead atoms. The van der Waals surface area contributed by atoms with Crippen LogP contribution in [0.3, 0.4) is 0 Å². The van der Waals surface area contributed by atoms with Gasteiger partial charge in [0.1, 0.15) is 0 Å². The van der Waals surface area contributed by atoms with Crippen molar-refractivity contribution in [3.63, 3.8) is 0 Å². The van der Waals surface area contributed by atoms with Crippen molar-refractivity contribution in [2.75, 3.05) is 20.6 Å². The first-order valence-electron chi connectivity index (χ1n) is 3.79. The van der Waals surface area contributed by atoms with Gasteiger partial charge in [0, 0.05) is 26.7 Å². The highest BCUT2D eigenvalue weighted by Crippen LogP contribution is 1.88. The van der Waals surface area contributed by atoms with Gasteiger partial charge in [-0.05, 0) is 6.42 Å². The van der Waals surface area contributed by atoms with Crippen molar-refractivity contribution in [3.8, 4) is 0 Å². The van der Waals surface area contributed by atoms with E-state index in [-0.39, 0.29) is 12.1 Å². The van der Waals surface area contributed by atoms with Crippen LogP contribution in [0.5, 0.6) is 0 Å². The topological polar surface area (TPSA) is 58.4 Å². The van der Waals surface area contributed by atoms with E-state index in [9.17, 15) is 4.79 Å². The second kappa shape index (κ2) is 4.96. The predicted octanol–water partition coefficient (Wildman–Crippen LogP) is -0.00510. The summed E-state index contributed by atoms with van der Waals surface area (Å²) < 4.78 is 0. The van der Waals surface area contributed by atoms with Gasteiger partial charge in [-0.2, -0.15) is 0 Å². The molecule has 66 valence electrons. The fraction of sp³-hybridized carbons (Fsp3) is 0.857. The number of rotatable bonds is 3. The van der Waals surface area contributed by atoms with E-state index in [4.69, 9.17) is 5.73 Å². The summed E-state index contributed by atoms with van der Waals surface area (Å²) in [5.74, 6) is 0. The molecule has 0 aliphatic heterocycles. The quantitative estimate of drug-likeness (QED) is 0.608. The number of hydrogen-bond acceptors (Lipinski definition) is 2. The second-order valence-electron chi connectivity index (χ2n) is 2.68. The summed E-state index contributed by atoms with van der Waals surface area (Å²) in [7, 11) is 3.41. The molecule has 0 spiro atoms. The summed E-state index contributed by atoms with van der Waals surface area (Å²) in [6.07, 6.45) is 0.871. The molecular weight excluding hydrogens is 142 g/mol. The van der Waals surface area contributed by atoms with E-state index in [1.807, 2.05) is 6.92 Å². The lowest BCUT2D eigenvalue weighted by Gasteiger charge is -2.18. The smallest absolute Gasteiger partial charge is 0.317 e. The molecule has 4 heteroatoms. The zero-order valence-corrected chi connectivity index (χ0v) is 7.42. The average molecular weight is 159 g/mol. The van der Waals surface area contributed by atoms with E-state index in [0.29, 0.717) is 6.54 Å². The third kappa shape index (κ3) is 3.83. The van der Waals surface area contributed by atoms with Crippen LogP contribution < -0.4 is 11.1 Å². The number of carbonyl (C=O) groups excluding carboxylic acids is 1. The van der Waals surface area contributed by atoms with E-state index in [1.165, 1.54) is 4.90 Å². The highest BCUT2D eigenvalue weighted by atomic mass is 16.2. The molecule has 0 aromatic rings. The SMILES string of the molecule is CCC(CN)NC(=O)N(C)C. The lowest BCUT2D eigenvalue weighted by atomic mass is 10.2. The van der Waals surface area contributed by atoms with Crippen molar-refractivity contribution in [2.45, 2.75) is 19.4 Å². The maximum absolute atomic E-state index is 11.0. The molecule has 3 N–H and O–H groups in total. The number of nitrogens with zero attached hydrogens (tertiary/aromatic N) is 1. The van der Waals surface area contributed by atoms with Crippen LogP contribution in [0.2, 0.25) is 0 Å². The van der Waals surface area contributed by atoms with Crippen molar-refractivity contribution in [1.82, 2.24) is 10.2 Å². The van der Waals surface area contributed by atoms with Crippen molar-refractivity contribution in [1.29, 1.82) is 0 Å². The van der Waals surface area contributed by atoms with E-state index in [1.54, 1.807) is 14.1 Å². The molecule has 0 saturated heterocycles. The summed E-state index contributed by atoms with van der Waals surface area (Å²) in [6, 6.07) is 0.0206. The molecule has 0 rings (SSSR count). The van der Waals surface area contributed by atoms with Crippen molar-refractivity contribution in [3.05, 3.63) is 0 Å². The number of hydrogen-bond donors (Lipinski definition) is 2. The van der Waals surface area contributed by atoms with Gasteiger partial charge in [-0.3, -0.25) is 0 Å². The minimum absolute atomic E-state index is 0.0812. The van der Waals surface area contributed by atoms with Gasteiger partial charge in [-0.15, -0.1) is 0 Å². The Morgan fingerprint density at radius 2 is 2.18 bits per heavy atom. The summed E-state index contributed by atoms with van der Waals surface area (Å²) in [4.78, 5) is 12.5. The van der Waals surface area contributed by atoms with Crippen LogP contribution >= 0.6 is 0 Å². The highest BCUT2D eigenvalue weighted by molar-refractivity contribution is 5.73. The first-order valence-corrected chi connectivity index (χ1v) is 3.79. The van der Waals surface area contributed by atoms with Crippen molar-refractivity contribution in [2.24, 2.45) is 5.73 Å². The van der Waals surface area contributed by atoms with Gasteiger partial charge in [0.15, 0.2) is 0 Å². The molecular formula is C7H17N3O. The molecule has 1 unspecified atom stereocenters. The maximum atomic E-state index is 11.0. The summed E-state index contributed by atoms with van der Waals surface area (Å²) in [5, 5.41) is 2.78. The Labute approximate surface area is 67.7 Å². The molecule has 0 fully saturated rings. The normalized spacial score (nSPS) is 12.4. The number of urea groups is 1. The molecule has 0 aliphatic carbocycles. The second-order valence-corrected chi connectivity index (χ2v) is 2.68. The van der Waals surface area contributed by atoms with Gasteiger partial charge in [0.05, 0.1) is 0 Å². The minimum Gasteiger partial charge on any atom is -0.334 e. The summed E-state index contributed by atoms with van der Waals surface area (Å²) >= 11 is 0. The Morgan fingerprint density at radius 1 is 1.64 bits per heavy atom. The third-order valence-electron chi connectivity index (χ3n) is 1.51. The predicted molar refractivity (Wildman–Crippen MR) is 45.4 cm³/mol. The van der Waals surface area contributed by atoms with Crippen LogP contribution in [0.15, 0.2) is 0 Å². The number of nitrogens with one attached hydrogen (secondary N) is 1. The Kier molecular flexibility index (Phi) is 4.61. The molecule has 4 nitrogen and oxygen atoms in total. The molecule has 11 heavy (non-hydrogen) atoms. The van der Waals surface area contributed by atoms with E-state index < -0.39 is 0 Å². The van der Waals surface area contributed by atoms with Crippen LogP contribution in [0.25, 0.3) is 0 Å². The van der Waals surface area contributed by atoms with Crippen LogP contribution in [0.4, 0.5) is 4.79 Å². The molecule has 0 aliphatic rings. The monoisotopic (exact) mass is 159 g/mol. The molecule has 1 atom stereocenters. The van der Waals surface area contributed by atoms with E-state index in [2.05, 4.69) is 5.32 Å². The highest BCUT2D eigenvalue weighted by Gasteiger charge is 2.08. The van der Waals surface area contributed by atoms with Gasteiger partial charge in [-0.25, -0.2) is 4.79 Å². The van der Waals surface area contributed by atoms with Crippen molar-refractivity contribution >= 4 is 6.03 Å². The van der Waals surface area contributed by atoms with Gasteiger partial charge >= 0.3 is 6.03 Å². The Morgan fingerprint density at radius 3 is 2.45 bits per heavy atom. The number of nitrogens with two attached hydrogens (primary N) is 1. The van der Waals surface area contributed by atoms with Gasteiger partial charge in [0.2, 0.25) is 0 Å². The van der Waals surface area contributed by atoms with E-state index in [0.717, 1.165) is 6.42 Å². The van der Waals surface area contributed by atoms with Gasteiger partial charge in [-0.1, -0.05) is 6.92 Å². The zero-order chi connectivity index (χ0) is 8.85. The Hall–Kier alpha value is -0.770. The molecule has 0 heterocycles. The number of carbonyl (C=O) groups is 1. The van der Waals surface area contributed by atoms with Crippen molar-refractivity contribution < 1.29 is 4.79 Å². The van der Waals surface area contributed by atoms with Crippen LogP contribution in [0, 0.1) is 0 Å². The molecule has 0 aromatic heterocycles. The first-order chi connectivity index (χ1) is 5.11. The molecule has 0 aromatic carbocycles. The molecule has 0 saturated carbocycles. The zero-order valence-electron chi connectivity index (χ0n) is 7.42. The van der Waals surface area contributed by atoms with E-state index >= 15 is 0 Å². The van der Waals surface area contributed by atoms with Crippen LogP contribution in [-0.2, 0) is 0 Å². The molecule has 2 amide bonds.